The molecule has 1 heterocycles. The number of hydrogen-bond donors (Lipinski definition) is 0. The van der Waals surface area contributed by atoms with Crippen molar-refractivity contribution in [1.82, 2.24) is 0 Å². The number of benzene rings is 4. The second-order valence-electron chi connectivity index (χ2n) is 10.2. The van der Waals surface area contributed by atoms with E-state index in [2.05, 4.69) is 30.8 Å². The average molecular weight is 553 g/mol. The maximum absolute atomic E-state index is 14.8. The third kappa shape index (κ3) is 6.18. The molecule has 1 nitrogen and oxygen atoms in total. The number of rotatable bonds is 6. The quantitative estimate of drug-likeness (QED) is 0.132. The van der Waals surface area contributed by atoms with Crippen molar-refractivity contribution < 1.29 is 31.1 Å². The van der Waals surface area contributed by atoms with Gasteiger partial charge >= 0.3 is 6.18 Å². The molecule has 1 fully saturated rings. The molecule has 7 heteroatoms. The molecule has 0 N–H and O–H groups in total. The van der Waals surface area contributed by atoms with Gasteiger partial charge in [-0.05, 0) is 89.1 Å². The van der Waals surface area contributed by atoms with Crippen molar-refractivity contribution >= 4 is 21.5 Å². The van der Waals surface area contributed by atoms with Crippen molar-refractivity contribution in [2.24, 2.45) is 5.92 Å². The fourth-order valence-corrected chi connectivity index (χ4v) is 5.31. The van der Waals surface area contributed by atoms with Crippen LogP contribution in [0.1, 0.15) is 47.6 Å². The van der Waals surface area contributed by atoms with Gasteiger partial charge in [0.25, 0.3) is 0 Å². The Morgan fingerprint density at radius 3 is 2.30 bits per heavy atom. The second kappa shape index (κ2) is 11.4. The molecule has 0 aliphatic carbocycles. The van der Waals surface area contributed by atoms with Gasteiger partial charge in [-0.3, -0.25) is 0 Å². The molecule has 0 radical (unpaired) electrons. The van der Waals surface area contributed by atoms with Gasteiger partial charge in [0, 0.05) is 5.92 Å². The zero-order chi connectivity index (χ0) is 28.4. The normalized spacial score (nSPS) is 17.6. The van der Waals surface area contributed by atoms with Crippen molar-refractivity contribution in [2.75, 3.05) is 6.61 Å². The highest BCUT2D eigenvalue weighted by Crippen LogP contribution is 2.34. The van der Waals surface area contributed by atoms with Crippen LogP contribution in [-0.2, 0) is 17.6 Å². The maximum atomic E-state index is 14.8. The van der Waals surface area contributed by atoms with Crippen LogP contribution in [0.5, 0.6) is 0 Å². The van der Waals surface area contributed by atoms with E-state index in [0.29, 0.717) is 24.3 Å². The Labute approximate surface area is 228 Å². The van der Waals surface area contributed by atoms with E-state index in [1.165, 1.54) is 12.0 Å². The molecular formula is C33H26F6O. The lowest BCUT2D eigenvalue weighted by Crippen LogP contribution is -2.20. The van der Waals surface area contributed by atoms with Gasteiger partial charge in [-0.2, -0.15) is 13.2 Å². The van der Waals surface area contributed by atoms with Gasteiger partial charge in [0.15, 0.2) is 5.82 Å². The van der Waals surface area contributed by atoms with Gasteiger partial charge in [0.2, 0.25) is 0 Å². The summed E-state index contributed by atoms with van der Waals surface area (Å²) in [5.74, 6) is -0.898. The summed E-state index contributed by atoms with van der Waals surface area (Å²) in [6.07, 6.45) is 1.09. The van der Waals surface area contributed by atoms with Crippen molar-refractivity contribution in [1.29, 1.82) is 0 Å². The van der Waals surface area contributed by atoms with Crippen molar-refractivity contribution in [3.63, 3.8) is 0 Å². The van der Waals surface area contributed by atoms with Gasteiger partial charge in [-0.25, -0.2) is 13.2 Å². The molecular weight excluding hydrogens is 526 g/mol. The van der Waals surface area contributed by atoms with E-state index < -0.39 is 34.6 Å². The summed E-state index contributed by atoms with van der Waals surface area (Å²) in [6.45, 7) is 4.54. The standard InChI is InChI=1S/C33H26F6O/c1-2-3-21-7-11-30(40-19-21)25-10-9-23-14-20(6-8-24(23)17-25)4-5-22-15-26-18-28(34)27(12-13-33(37,38)39)32(36)31(26)29(35)16-22/h2,6,8-10,14-18,21,30H,1,3-5,7,11,19H2. The highest BCUT2D eigenvalue weighted by atomic mass is 19.4. The van der Waals surface area contributed by atoms with Crippen LogP contribution < -0.4 is 0 Å². The topological polar surface area (TPSA) is 9.23 Å². The van der Waals surface area contributed by atoms with Gasteiger partial charge in [0.05, 0.1) is 23.7 Å². The predicted octanol–water partition coefficient (Wildman–Crippen LogP) is 9.15. The van der Waals surface area contributed by atoms with Gasteiger partial charge in [-0.15, -0.1) is 6.58 Å². The van der Waals surface area contributed by atoms with Crippen LogP contribution >= 0.6 is 0 Å². The summed E-state index contributed by atoms with van der Waals surface area (Å²) in [4.78, 5) is 0. The fraction of sp³-hybridized carbons (Fsp3) is 0.273. The molecule has 1 aliphatic rings. The van der Waals surface area contributed by atoms with Crippen LogP contribution in [0.25, 0.3) is 21.5 Å². The number of alkyl halides is 3. The minimum atomic E-state index is -4.93. The molecule has 0 bridgehead atoms. The van der Waals surface area contributed by atoms with Crippen LogP contribution in [0.2, 0.25) is 0 Å². The first-order valence-electron chi connectivity index (χ1n) is 13.1. The van der Waals surface area contributed by atoms with E-state index in [4.69, 9.17) is 4.74 Å². The Kier molecular flexibility index (Phi) is 7.91. The lowest BCUT2D eigenvalue weighted by molar-refractivity contribution is -0.0696. The molecule has 0 aromatic heterocycles. The minimum absolute atomic E-state index is 0.0747. The molecule has 4 aromatic rings. The molecule has 0 amide bonds. The van der Waals surface area contributed by atoms with Crippen LogP contribution in [0, 0.1) is 35.2 Å². The zero-order valence-electron chi connectivity index (χ0n) is 21.6. The number of allylic oxidation sites excluding steroid dienone is 1. The largest absolute Gasteiger partial charge is 0.458 e. The molecule has 4 aromatic carbocycles. The van der Waals surface area contributed by atoms with Gasteiger partial charge in [-0.1, -0.05) is 48.4 Å². The number of hydrogen-bond acceptors (Lipinski definition) is 1. The van der Waals surface area contributed by atoms with E-state index in [-0.39, 0.29) is 11.5 Å². The molecule has 1 aliphatic heterocycles. The highest BCUT2D eigenvalue weighted by molar-refractivity contribution is 5.86. The summed E-state index contributed by atoms with van der Waals surface area (Å²) in [5.41, 5.74) is 1.56. The minimum Gasteiger partial charge on any atom is -0.373 e. The summed E-state index contributed by atoms with van der Waals surface area (Å²) >= 11 is 0. The zero-order valence-corrected chi connectivity index (χ0v) is 21.6. The molecule has 206 valence electrons. The summed E-state index contributed by atoms with van der Waals surface area (Å²) in [5, 5.41) is 1.48. The monoisotopic (exact) mass is 552 g/mol. The number of halogens is 6. The van der Waals surface area contributed by atoms with Crippen LogP contribution in [0.15, 0.2) is 67.3 Å². The molecule has 40 heavy (non-hydrogen) atoms. The second-order valence-corrected chi connectivity index (χ2v) is 10.2. The third-order valence-corrected chi connectivity index (χ3v) is 7.34. The van der Waals surface area contributed by atoms with Crippen LogP contribution in [0.4, 0.5) is 26.3 Å². The van der Waals surface area contributed by atoms with Crippen LogP contribution in [0.3, 0.4) is 0 Å². The molecule has 0 spiro atoms. The fourth-order valence-electron chi connectivity index (χ4n) is 5.31. The Bertz CT molecular complexity index is 1630. The number of fused-ring (bicyclic) bond motifs is 2. The molecule has 2 atom stereocenters. The molecule has 2 unspecified atom stereocenters. The predicted molar refractivity (Wildman–Crippen MR) is 144 cm³/mol. The van der Waals surface area contributed by atoms with Gasteiger partial charge < -0.3 is 4.74 Å². The lowest BCUT2D eigenvalue weighted by Gasteiger charge is -2.29. The highest BCUT2D eigenvalue weighted by Gasteiger charge is 2.25. The van der Waals surface area contributed by atoms with Crippen LogP contribution in [-0.4, -0.2) is 12.8 Å². The smallest absolute Gasteiger partial charge is 0.373 e. The van der Waals surface area contributed by atoms with E-state index in [1.54, 1.807) is 0 Å². The average Bonchev–Trinajstić information content (AvgIpc) is 2.91. The lowest BCUT2D eigenvalue weighted by atomic mass is 9.91. The van der Waals surface area contributed by atoms with Gasteiger partial charge in [0.1, 0.15) is 11.6 Å². The Hall–Kier alpha value is -3.76. The van der Waals surface area contributed by atoms with Crippen molar-refractivity contribution in [2.45, 2.75) is 44.4 Å². The van der Waals surface area contributed by atoms with Crippen molar-refractivity contribution in [3.8, 4) is 11.8 Å². The molecule has 5 rings (SSSR count). The molecule has 1 saturated heterocycles. The number of aryl methyl sites for hydroxylation is 2. The summed E-state index contributed by atoms with van der Waals surface area (Å²) in [6, 6.07) is 15.8. The Balaban J connectivity index is 1.31. The van der Waals surface area contributed by atoms with Crippen molar-refractivity contribution in [3.05, 3.63) is 107 Å². The maximum Gasteiger partial charge on any atom is 0.458 e. The third-order valence-electron chi connectivity index (χ3n) is 7.34. The van der Waals surface area contributed by atoms with E-state index in [1.807, 2.05) is 18.2 Å². The van der Waals surface area contributed by atoms with E-state index in [9.17, 15) is 26.3 Å². The van der Waals surface area contributed by atoms with E-state index >= 15 is 0 Å². The first kappa shape index (κ1) is 27.8. The first-order valence-corrected chi connectivity index (χ1v) is 13.1. The summed E-state index contributed by atoms with van der Waals surface area (Å²) < 4.78 is 87.2. The molecule has 0 saturated carbocycles. The number of ether oxygens (including phenoxy) is 1. The SMILES string of the molecule is C=CCC1CCC(c2ccc3cc(CCc4cc(F)c5c(F)c(C#CC(F)(F)F)c(F)cc5c4)ccc3c2)OC1. The Morgan fingerprint density at radius 1 is 0.850 bits per heavy atom. The first-order chi connectivity index (χ1) is 19.1. The Morgan fingerprint density at radius 2 is 1.57 bits per heavy atom. The van der Waals surface area contributed by atoms with E-state index in [0.717, 1.165) is 65.8 Å². The summed E-state index contributed by atoms with van der Waals surface area (Å²) in [7, 11) is 0.